The van der Waals surface area contributed by atoms with Crippen LogP contribution in [0, 0.1) is 5.41 Å². The van der Waals surface area contributed by atoms with Gasteiger partial charge in [-0.3, -0.25) is 5.41 Å². The van der Waals surface area contributed by atoms with Crippen LogP contribution in [0.5, 0.6) is 0 Å². The maximum Gasteiger partial charge on any atom is 0.407 e. The van der Waals surface area contributed by atoms with Crippen LogP contribution in [0.4, 0.5) is 4.79 Å². The second-order valence-corrected chi connectivity index (χ2v) is 11.6. The molecule has 5 N–H and O–H groups in total. The van der Waals surface area contributed by atoms with Crippen LogP contribution in [0.2, 0.25) is 0 Å². The Kier molecular flexibility index (Phi) is 7.62. The van der Waals surface area contributed by atoms with Crippen molar-refractivity contribution in [1.29, 1.82) is 5.41 Å². The Bertz CT molecular complexity index is 1490. The molecule has 1 aromatic heterocycles. The molecule has 4 aromatic rings. The molecule has 0 bridgehead atoms. The molecule has 0 radical (unpaired) electrons. The third-order valence-electron chi connectivity index (χ3n) is 7.53. The minimum atomic E-state index is -0.488. The zero-order valence-electron chi connectivity index (χ0n) is 23.1. The molecule has 5 rings (SSSR count). The minimum Gasteiger partial charge on any atom is -0.444 e. The highest BCUT2D eigenvalue weighted by Crippen LogP contribution is 2.27. The van der Waals surface area contributed by atoms with Gasteiger partial charge in [-0.25, -0.2) is 4.79 Å². The fraction of sp³-hybridized carbons (Fsp3) is 0.375. The summed E-state index contributed by atoms with van der Waals surface area (Å²) >= 11 is 0. The summed E-state index contributed by atoms with van der Waals surface area (Å²) in [6, 6.07) is 23.7. The van der Waals surface area contributed by atoms with Gasteiger partial charge in [-0.1, -0.05) is 54.6 Å². The van der Waals surface area contributed by atoms with Crippen LogP contribution in [-0.2, 0) is 17.8 Å². The van der Waals surface area contributed by atoms with E-state index in [9.17, 15) is 4.79 Å². The predicted molar refractivity (Wildman–Crippen MR) is 158 cm³/mol. The number of rotatable bonds is 7. The van der Waals surface area contributed by atoms with Crippen molar-refractivity contribution in [2.24, 2.45) is 5.73 Å². The average molecular weight is 526 g/mol. The molecule has 7 nitrogen and oxygen atoms in total. The number of nitrogens with zero attached hydrogens (tertiary/aromatic N) is 1. The molecular formula is C32H39N5O2. The first-order valence-electron chi connectivity index (χ1n) is 13.8. The van der Waals surface area contributed by atoms with E-state index in [-0.39, 0.29) is 18.0 Å². The molecule has 7 heteroatoms. The predicted octanol–water partition coefficient (Wildman–Crippen LogP) is 6.05. The van der Waals surface area contributed by atoms with Crippen molar-refractivity contribution in [3.63, 3.8) is 0 Å². The second-order valence-electron chi connectivity index (χ2n) is 11.6. The van der Waals surface area contributed by atoms with E-state index < -0.39 is 5.60 Å². The van der Waals surface area contributed by atoms with Crippen molar-refractivity contribution >= 4 is 33.6 Å². The summed E-state index contributed by atoms with van der Waals surface area (Å²) in [6.45, 7) is 7.12. The Balaban J connectivity index is 1.32. The standard InChI is InChI=1S/C32H39N5O2/c1-32(2,3)39-31(38)36-26-15-13-25(14-16-26)35-19-27-17-22-11-12-23(30(33)34)18-29(22)37(27)20-24-9-6-8-21-7-4-5-10-28(21)24/h4-12,17-18,25-26,35H,13-16,19-20H2,1-3H3,(H3,33,34)(H,36,38)/t25-,26-. The number of amidine groups is 1. The molecule has 0 aliphatic heterocycles. The van der Waals surface area contributed by atoms with Crippen molar-refractivity contribution in [2.75, 3.05) is 0 Å². The van der Waals surface area contributed by atoms with Crippen molar-refractivity contribution in [3.8, 4) is 0 Å². The van der Waals surface area contributed by atoms with Gasteiger partial charge in [0, 0.05) is 41.9 Å². The number of amides is 1. The first-order valence-corrected chi connectivity index (χ1v) is 13.8. The van der Waals surface area contributed by atoms with Gasteiger partial charge in [-0.05, 0) is 80.3 Å². The number of nitrogens with one attached hydrogen (secondary N) is 3. The molecule has 39 heavy (non-hydrogen) atoms. The molecule has 1 fully saturated rings. The van der Waals surface area contributed by atoms with Crippen LogP contribution in [0.15, 0.2) is 66.7 Å². The van der Waals surface area contributed by atoms with Gasteiger partial charge >= 0.3 is 6.09 Å². The lowest BCUT2D eigenvalue weighted by molar-refractivity contribution is 0.0489. The van der Waals surface area contributed by atoms with Gasteiger partial charge in [0.15, 0.2) is 0 Å². The molecule has 0 saturated heterocycles. The summed E-state index contributed by atoms with van der Waals surface area (Å²) in [7, 11) is 0. The maximum atomic E-state index is 12.2. The fourth-order valence-electron chi connectivity index (χ4n) is 5.58. The van der Waals surface area contributed by atoms with E-state index in [2.05, 4.69) is 69.8 Å². The number of carbonyl (C=O) groups is 1. The van der Waals surface area contributed by atoms with Crippen molar-refractivity contribution < 1.29 is 9.53 Å². The van der Waals surface area contributed by atoms with Crippen LogP contribution < -0.4 is 16.4 Å². The molecule has 0 unspecified atom stereocenters. The van der Waals surface area contributed by atoms with Crippen molar-refractivity contribution in [3.05, 3.63) is 83.6 Å². The molecule has 1 saturated carbocycles. The van der Waals surface area contributed by atoms with Crippen LogP contribution in [0.25, 0.3) is 21.7 Å². The first-order chi connectivity index (χ1) is 18.7. The smallest absolute Gasteiger partial charge is 0.407 e. The van der Waals surface area contributed by atoms with E-state index in [0.717, 1.165) is 55.2 Å². The number of nitrogens with two attached hydrogens (primary N) is 1. The van der Waals surface area contributed by atoms with Crippen LogP contribution in [0.3, 0.4) is 0 Å². The second kappa shape index (κ2) is 11.1. The number of fused-ring (bicyclic) bond motifs is 2. The Morgan fingerprint density at radius 1 is 0.974 bits per heavy atom. The number of benzene rings is 3. The number of aromatic nitrogens is 1. The number of carbonyl (C=O) groups excluding carboxylic acids is 1. The van der Waals surface area contributed by atoms with E-state index in [1.165, 1.54) is 22.0 Å². The molecule has 1 heterocycles. The summed E-state index contributed by atoms with van der Waals surface area (Å²) in [5.41, 5.74) is 9.63. The number of nitrogen functional groups attached to an aromatic ring is 1. The van der Waals surface area contributed by atoms with E-state index >= 15 is 0 Å². The van der Waals surface area contributed by atoms with E-state index in [1.54, 1.807) is 0 Å². The van der Waals surface area contributed by atoms with Crippen molar-refractivity contribution in [1.82, 2.24) is 15.2 Å². The van der Waals surface area contributed by atoms with E-state index in [4.69, 9.17) is 15.9 Å². The third-order valence-corrected chi connectivity index (χ3v) is 7.53. The van der Waals surface area contributed by atoms with E-state index in [0.29, 0.717) is 6.04 Å². The van der Waals surface area contributed by atoms with Crippen molar-refractivity contribution in [2.45, 2.75) is 77.2 Å². The lowest BCUT2D eigenvalue weighted by Gasteiger charge is -2.30. The van der Waals surface area contributed by atoms with Gasteiger partial charge in [0.25, 0.3) is 0 Å². The summed E-state index contributed by atoms with van der Waals surface area (Å²) in [4.78, 5) is 12.2. The number of hydrogen-bond donors (Lipinski definition) is 4. The quantitative estimate of drug-likeness (QED) is 0.174. The van der Waals surface area contributed by atoms with Gasteiger partial charge in [0.2, 0.25) is 0 Å². The lowest BCUT2D eigenvalue weighted by atomic mass is 9.91. The van der Waals surface area contributed by atoms with Crippen LogP contribution in [0.1, 0.15) is 63.3 Å². The topological polar surface area (TPSA) is 105 Å². The molecule has 204 valence electrons. The highest BCUT2D eigenvalue weighted by atomic mass is 16.6. The SMILES string of the molecule is CC(C)(C)OC(=O)N[C@H]1CC[C@H](NCc2cc3ccc(C(=N)N)cc3n2Cc2cccc3ccccc23)CC1. The molecule has 0 spiro atoms. The van der Waals surface area contributed by atoms with E-state index in [1.807, 2.05) is 32.9 Å². The third kappa shape index (κ3) is 6.42. The highest BCUT2D eigenvalue weighted by Gasteiger charge is 2.25. The summed E-state index contributed by atoms with van der Waals surface area (Å²) in [5, 5.41) is 18.4. The maximum absolute atomic E-state index is 12.2. The molecule has 1 aliphatic rings. The fourth-order valence-corrected chi connectivity index (χ4v) is 5.58. The minimum absolute atomic E-state index is 0.0752. The summed E-state index contributed by atoms with van der Waals surface area (Å²) < 4.78 is 7.78. The normalized spacial score (nSPS) is 17.8. The number of ether oxygens (including phenoxy) is 1. The highest BCUT2D eigenvalue weighted by molar-refractivity contribution is 5.99. The van der Waals surface area contributed by atoms with Gasteiger partial charge in [0.05, 0.1) is 0 Å². The molecule has 3 aromatic carbocycles. The molecule has 1 amide bonds. The average Bonchev–Trinajstić information content (AvgIpc) is 3.24. The summed E-state index contributed by atoms with van der Waals surface area (Å²) in [5.74, 6) is 0.0752. The monoisotopic (exact) mass is 525 g/mol. The molecule has 1 aliphatic carbocycles. The van der Waals surface area contributed by atoms with Crippen LogP contribution >= 0.6 is 0 Å². The zero-order chi connectivity index (χ0) is 27.6. The Hall–Kier alpha value is -3.84. The molecule has 0 atom stereocenters. The van der Waals surface area contributed by atoms with Gasteiger partial charge in [-0.2, -0.15) is 0 Å². The number of alkyl carbamates (subject to hydrolysis) is 1. The Morgan fingerprint density at radius 2 is 1.69 bits per heavy atom. The van der Waals surface area contributed by atoms with Gasteiger partial charge in [-0.15, -0.1) is 0 Å². The lowest BCUT2D eigenvalue weighted by Crippen LogP contribution is -2.43. The Labute approximate surface area is 230 Å². The summed E-state index contributed by atoms with van der Waals surface area (Å²) in [6.07, 6.45) is 3.52. The zero-order valence-corrected chi connectivity index (χ0v) is 23.1. The molecular weight excluding hydrogens is 486 g/mol. The Morgan fingerprint density at radius 3 is 2.44 bits per heavy atom. The first kappa shape index (κ1) is 26.8. The number of hydrogen-bond acceptors (Lipinski definition) is 4. The van der Waals surface area contributed by atoms with Crippen LogP contribution in [-0.4, -0.2) is 34.2 Å². The van der Waals surface area contributed by atoms with Gasteiger partial charge < -0.3 is 25.7 Å². The van der Waals surface area contributed by atoms with Gasteiger partial charge in [0.1, 0.15) is 11.4 Å². The largest absolute Gasteiger partial charge is 0.444 e.